The minimum Gasteiger partial charge on any atom is -0.465 e. The van der Waals surface area contributed by atoms with E-state index in [4.69, 9.17) is 5.73 Å². The van der Waals surface area contributed by atoms with Gasteiger partial charge in [0.25, 0.3) is 0 Å². The molecule has 0 aliphatic heterocycles. The van der Waals surface area contributed by atoms with Gasteiger partial charge in [-0.25, -0.2) is 4.79 Å². The van der Waals surface area contributed by atoms with Crippen LogP contribution in [0.2, 0.25) is 0 Å². The van der Waals surface area contributed by atoms with Crippen molar-refractivity contribution >= 4 is 11.7 Å². The zero-order valence-corrected chi connectivity index (χ0v) is 7.00. The molecule has 2 N–H and O–H groups in total. The Kier molecular flexibility index (Phi) is 2.28. The molecule has 0 aliphatic carbocycles. The minimum atomic E-state index is -0.432. The Bertz CT molecular complexity index is 310. The van der Waals surface area contributed by atoms with E-state index in [0.29, 0.717) is 11.3 Å². The summed E-state index contributed by atoms with van der Waals surface area (Å²) in [6.07, 6.45) is 1.45. The monoisotopic (exact) mass is 166 g/mol. The highest BCUT2D eigenvalue weighted by atomic mass is 16.5. The Labute approximate surface area is 70.4 Å². The highest BCUT2D eigenvalue weighted by Gasteiger charge is 2.09. The molecule has 0 unspecified atom stereocenters. The summed E-state index contributed by atoms with van der Waals surface area (Å²) in [4.78, 5) is 15.0. The molecule has 0 spiro atoms. The van der Waals surface area contributed by atoms with Gasteiger partial charge in [-0.15, -0.1) is 0 Å². The minimum absolute atomic E-state index is 0.340. The van der Waals surface area contributed by atoms with Crippen LogP contribution >= 0.6 is 0 Å². The van der Waals surface area contributed by atoms with Crippen LogP contribution in [0.15, 0.2) is 12.3 Å². The van der Waals surface area contributed by atoms with Gasteiger partial charge in [-0.1, -0.05) is 0 Å². The summed E-state index contributed by atoms with van der Waals surface area (Å²) in [5.74, 6) is -0.432. The van der Waals surface area contributed by atoms with Gasteiger partial charge in [0.2, 0.25) is 0 Å². The molecule has 0 radical (unpaired) electrons. The van der Waals surface area contributed by atoms with Crippen molar-refractivity contribution in [3.63, 3.8) is 0 Å². The summed E-state index contributed by atoms with van der Waals surface area (Å²) >= 11 is 0. The maximum atomic E-state index is 11.1. The van der Waals surface area contributed by atoms with Crippen molar-refractivity contribution in [2.75, 3.05) is 12.8 Å². The van der Waals surface area contributed by atoms with Crippen LogP contribution in [0, 0.1) is 6.92 Å². The van der Waals surface area contributed by atoms with Gasteiger partial charge in [-0.2, -0.15) is 0 Å². The van der Waals surface area contributed by atoms with E-state index in [-0.39, 0.29) is 0 Å². The van der Waals surface area contributed by atoms with E-state index < -0.39 is 5.97 Å². The van der Waals surface area contributed by atoms with Gasteiger partial charge in [0, 0.05) is 5.69 Å². The van der Waals surface area contributed by atoms with Crippen molar-refractivity contribution in [1.29, 1.82) is 0 Å². The number of pyridine rings is 1. The molecule has 64 valence electrons. The molecule has 1 aromatic rings. The summed E-state index contributed by atoms with van der Waals surface area (Å²) < 4.78 is 4.53. The van der Waals surface area contributed by atoms with E-state index in [2.05, 4.69) is 9.72 Å². The Balaban J connectivity index is 3.13. The lowest BCUT2D eigenvalue weighted by Crippen LogP contribution is -2.06. The summed E-state index contributed by atoms with van der Waals surface area (Å²) in [5.41, 5.74) is 6.95. The van der Waals surface area contributed by atoms with E-state index >= 15 is 0 Å². The lowest BCUT2D eigenvalue weighted by molar-refractivity contribution is 0.0601. The van der Waals surface area contributed by atoms with Crippen LogP contribution in [0.25, 0.3) is 0 Å². The number of carbonyl (C=O) groups is 1. The first kappa shape index (κ1) is 8.52. The Morgan fingerprint density at radius 3 is 2.92 bits per heavy atom. The quantitative estimate of drug-likeness (QED) is 0.625. The first-order chi connectivity index (χ1) is 5.65. The number of methoxy groups -OCH3 is 1. The van der Waals surface area contributed by atoms with Gasteiger partial charge in [0.05, 0.1) is 24.6 Å². The van der Waals surface area contributed by atoms with Gasteiger partial charge < -0.3 is 10.5 Å². The molecule has 0 aromatic carbocycles. The third-order valence-electron chi connectivity index (χ3n) is 1.48. The molecule has 4 nitrogen and oxygen atoms in total. The Hall–Kier alpha value is -1.58. The fraction of sp³-hybridized carbons (Fsp3) is 0.250. The Morgan fingerprint density at radius 1 is 1.67 bits per heavy atom. The van der Waals surface area contributed by atoms with Crippen molar-refractivity contribution in [2.45, 2.75) is 6.92 Å². The molecular formula is C8H10N2O2. The first-order valence-corrected chi connectivity index (χ1v) is 3.45. The lowest BCUT2D eigenvalue weighted by Gasteiger charge is -2.02. The van der Waals surface area contributed by atoms with Gasteiger partial charge in [0.15, 0.2) is 0 Å². The van der Waals surface area contributed by atoms with E-state index in [1.165, 1.54) is 13.3 Å². The predicted octanol–water partition coefficient (Wildman–Crippen LogP) is 0.759. The highest BCUT2D eigenvalue weighted by molar-refractivity contribution is 5.94. The molecule has 0 amide bonds. The van der Waals surface area contributed by atoms with E-state index in [0.717, 1.165) is 5.69 Å². The molecule has 0 fully saturated rings. The second-order valence-corrected chi connectivity index (χ2v) is 2.40. The van der Waals surface area contributed by atoms with Crippen LogP contribution in [0.3, 0.4) is 0 Å². The topological polar surface area (TPSA) is 65.2 Å². The average Bonchev–Trinajstić information content (AvgIpc) is 2.08. The molecule has 0 bridgehead atoms. The fourth-order valence-corrected chi connectivity index (χ4v) is 0.857. The molecule has 0 atom stereocenters. The molecule has 1 heterocycles. The molecule has 4 heteroatoms. The first-order valence-electron chi connectivity index (χ1n) is 3.45. The van der Waals surface area contributed by atoms with Crippen molar-refractivity contribution < 1.29 is 9.53 Å². The molecule has 1 rings (SSSR count). The Morgan fingerprint density at radius 2 is 2.33 bits per heavy atom. The van der Waals surface area contributed by atoms with Gasteiger partial charge >= 0.3 is 5.97 Å². The molecule has 12 heavy (non-hydrogen) atoms. The van der Waals surface area contributed by atoms with Crippen molar-refractivity contribution in [3.8, 4) is 0 Å². The van der Waals surface area contributed by atoms with Crippen molar-refractivity contribution in [3.05, 3.63) is 23.5 Å². The maximum absolute atomic E-state index is 11.1. The van der Waals surface area contributed by atoms with Crippen LogP contribution in [0.1, 0.15) is 16.1 Å². The van der Waals surface area contributed by atoms with Crippen molar-refractivity contribution in [2.24, 2.45) is 0 Å². The number of nitrogens with two attached hydrogens (primary N) is 1. The molecular weight excluding hydrogens is 156 g/mol. The summed E-state index contributed by atoms with van der Waals surface area (Å²) in [6, 6.07) is 1.60. The van der Waals surface area contributed by atoms with E-state index in [1.54, 1.807) is 13.0 Å². The number of hydrogen-bond acceptors (Lipinski definition) is 4. The number of aromatic nitrogens is 1. The van der Waals surface area contributed by atoms with Crippen molar-refractivity contribution in [1.82, 2.24) is 4.98 Å². The van der Waals surface area contributed by atoms with Crippen LogP contribution < -0.4 is 5.73 Å². The number of ether oxygens (including phenoxy) is 1. The number of hydrogen-bond donors (Lipinski definition) is 1. The summed E-state index contributed by atoms with van der Waals surface area (Å²) in [5, 5.41) is 0. The van der Waals surface area contributed by atoms with Crippen LogP contribution in [0.5, 0.6) is 0 Å². The normalized spacial score (nSPS) is 9.50. The van der Waals surface area contributed by atoms with Crippen LogP contribution in [-0.2, 0) is 4.74 Å². The summed E-state index contributed by atoms with van der Waals surface area (Å²) in [7, 11) is 1.32. The third-order valence-corrected chi connectivity index (χ3v) is 1.48. The molecule has 0 saturated heterocycles. The molecule has 0 aliphatic rings. The number of anilines is 1. The number of rotatable bonds is 1. The number of carbonyl (C=O) groups excluding carboxylic acids is 1. The largest absolute Gasteiger partial charge is 0.465 e. The zero-order valence-electron chi connectivity index (χ0n) is 7.00. The molecule has 1 aromatic heterocycles. The number of nitrogen functional groups attached to an aromatic ring is 1. The maximum Gasteiger partial charge on any atom is 0.340 e. The van der Waals surface area contributed by atoms with Gasteiger partial charge in [-0.05, 0) is 13.0 Å². The SMILES string of the molecule is COC(=O)c1cc(C)ncc1N. The second kappa shape index (κ2) is 3.21. The van der Waals surface area contributed by atoms with E-state index in [1.807, 2.05) is 0 Å². The number of aryl methyl sites for hydroxylation is 1. The average molecular weight is 166 g/mol. The third kappa shape index (κ3) is 1.53. The van der Waals surface area contributed by atoms with Gasteiger partial charge in [-0.3, -0.25) is 4.98 Å². The molecule has 0 saturated carbocycles. The van der Waals surface area contributed by atoms with Crippen LogP contribution in [0.4, 0.5) is 5.69 Å². The zero-order chi connectivity index (χ0) is 9.14. The van der Waals surface area contributed by atoms with E-state index in [9.17, 15) is 4.79 Å². The predicted molar refractivity (Wildman–Crippen MR) is 44.7 cm³/mol. The standard InChI is InChI=1S/C8H10N2O2/c1-5-3-6(8(11)12-2)7(9)4-10-5/h3-4H,9H2,1-2H3. The van der Waals surface area contributed by atoms with Crippen LogP contribution in [-0.4, -0.2) is 18.1 Å². The second-order valence-electron chi connectivity index (χ2n) is 2.40. The van der Waals surface area contributed by atoms with Gasteiger partial charge in [0.1, 0.15) is 0 Å². The lowest BCUT2D eigenvalue weighted by atomic mass is 10.2. The highest BCUT2D eigenvalue weighted by Crippen LogP contribution is 2.11. The summed E-state index contributed by atoms with van der Waals surface area (Å²) in [6.45, 7) is 1.78. The number of nitrogens with zero attached hydrogens (tertiary/aromatic N) is 1. The fourth-order valence-electron chi connectivity index (χ4n) is 0.857. The smallest absolute Gasteiger partial charge is 0.340 e. The number of esters is 1.